The smallest absolute Gasteiger partial charge is 0.264 e. The molecule has 0 atom stereocenters. The molecule has 0 heterocycles. The third-order valence-corrected chi connectivity index (χ3v) is 6.63. The fourth-order valence-corrected chi connectivity index (χ4v) is 4.08. The van der Waals surface area contributed by atoms with Crippen molar-refractivity contribution in [2.75, 3.05) is 18.5 Å². The van der Waals surface area contributed by atoms with Crippen LogP contribution in [0.3, 0.4) is 0 Å². The Labute approximate surface area is 181 Å². The standard InChI is InChI=1S/C22H21ClN2O4S/c1-25(30(27,28)21-13-7-18(23)8-14-21)19-9-5-17(6-10-19)22(26)24-15-16-3-11-20(29-2)12-4-16/h3-14H,15H2,1-2H3,(H,24,26). The van der Waals surface area contributed by atoms with Gasteiger partial charge in [0, 0.05) is 24.2 Å². The van der Waals surface area contributed by atoms with Crippen LogP contribution in [-0.4, -0.2) is 28.5 Å². The van der Waals surface area contributed by atoms with Gasteiger partial charge in [0.15, 0.2) is 0 Å². The second-order valence-corrected chi connectivity index (χ2v) is 8.91. The fraction of sp³-hybridized carbons (Fsp3) is 0.136. The lowest BCUT2D eigenvalue weighted by Gasteiger charge is -2.19. The van der Waals surface area contributed by atoms with Crippen molar-refractivity contribution in [1.82, 2.24) is 5.32 Å². The predicted molar refractivity (Wildman–Crippen MR) is 118 cm³/mol. The van der Waals surface area contributed by atoms with Crippen LogP contribution < -0.4 is 14.4 Å². The summed E-state index contributed by atoms with van der Waals surface area (Å²) < 4.78 is 31.8. The lowest BCUT2D eigenvalue weighted by Crippen LogP contribution is -2.27. The molecule has 1 N–H and O–H groups in total. The molecule has 3 aromatic rings. The van der Waals surface area contributed by atoms with Gasteiger partial charge in [0.25, 0.3) is 15.9 Å². The van der Waals surface area contributed by atoms with Crippen LogP contribution in [0.2, 0.25) is 5.02 Å². The van der Waals surface area contributed by atoms with Crippen molar-refractivity contribution in [3.63, 3.8) is 0 Å². The molecule has 0 fully saturated rings. The van der Waals surface area contributed by atoms with Gasteiger partial charge in [-0.25, -0.2) is 8.42 Å². The van der Waals surface area contributed by atoms with Crippen molar-refractivity contribution in [2.24, 2.45) is 0 Å². The van der Waals surface area contributed by atoms with Gasteiger partial charge in [-0.05, 0) is 66.2 Å². The van der Waals surface area contributed by atoms with E-state index in [0.717, 1.165) is 15.6 Å². The number of nitrogens with zero attached hydrogens (tertiary/aromatic N) is 1. The fourth-order valence-electron chi connectivity index (χ4n) is 2.75. The Balaban J connectivity index is 1.67. The Hall–Kier alpha value is -3.03. The summed E-state index contributed by atoms with van der Waals surface area (Å²) in [6.45, 7) is 0.370. The number of ether oxygens (including phenoxy) is 1. The van der Waals surface area contributed by atoms with Gasteiger partial charge in [-0.2, -0.15) is 0 Å². The second-order valence-electron chi connectivity index (χ2n) is 6.50. The Bertz CT molecular complexity index is 1110. The molecule has 3 aromatic carbocycles. The summed E-state index contributed by atoms with van der Waals surface area (Å²) in [7, 11) is -0.673. The van der Waals surface area contributed by atoms with Crippen molar-refractivity contribution < 1.29 is 17.9 Å². The molecule has 0 spiro atoms. The quantitative estimate of drug-likeness (QED) is 0.595. The van der Waals surface area contributed by atoms with Crippen LogP contribution in [0.15, 0.2) is 77.7 Å². The molecule has 3 rings (SSSR count). The summed E-state index contributed by atoms with van der Waals surface area (Å²) >= 11 is 5.83. The zero-order valence-corrected chi connectivity index (χ0v) is 18.1. The van der Waals surface area contributed by atoms with E-state index >= 15 is 0 Å². The highest BCUT2D eigenvalue weighted by atomic mass is 35.5. The molecule has 6 nitrogen and oxygen atoms in total. The molecule has 0 aliphatic rings. The van der Waals surface area contributed by atoms with Crippen LogP contribution in [0.4, 0.5) is 5.69 Å². The molecule has 30 heavy (non-hydrogen) atoms. The van der Waals surface area contributed by atoms with E-state index in [-0.39, 0.29) is 10.8 Å². The number of rotatable bonds is 7. The normalized spacial score (nSPS) is 11.0. The molecule has 0 saturated heterocycles. The number of carbonyl (C=O) groups is 1. The number of carbonyl (C=O) groups excluding carboxylic acids is 1. The lowest BCUT2D eigenvalue weighted by atomic mass is 10.1. The first-order valence-corrected chi connectivity index (χ1v) is 10.9. The Morgan fingerprint density at radius 2 is 1.57 bits per heavy atom. The highest BCUT2D eigenvalue weighted by Crippen LogP contribution is 2.23. The minimum absolute atomic E-state index is 0.135. The van der Waals surface area contributed by atoms with E-state index in [1.165, 1.54) is 31.3 Å². The summed E-state index contributed by atoms with van der Waals surface area (Å²) in [4.78, 5) is 12.5. The van der Waals surface area contributed by atoms with Crippen LogP contribution in [-0.2, 0) is 16.6 Å². The third kappa shape index (κ3) is 4.93. The summed E-state index contributed by atoms with van der Waals surface area (Å²) in [6, 6.07) is 19.7. The first-order valence-electron chi connectivity index (χ1n) is 9.07. The molecule has 0 aliphatic carbocycles. The van der Waals surface area contributed by atoms with E-state index in [1.807, 2.05) is 24.3 Å². The first kappa shape index (κ1) is 21.7. The minimum Gasteiger partial charge on any atom is -0.497 e. The molecular weight excluding hydrogens is 424 g/mol. The second kappa shape index (κ2) is 9.19. The van der Waals surface area contributed by atoms with Crippen molar-refractivity contribution in [3.8, 4) is 5.75 Å². The molecule has 0 saturated carbocycles. The van der Waals surface area contributed by atoms with Gasteiger partial charge in [0.05, 0.1) is 17.7 Å². The lowest BCUT2D eigenvalue weighted by molar-refractivity contribution is 0.0951. The molecular formula is C22H21ClN2O4S. The number of nitrogens with one attached hydrogen (secondary N) is 1. The molecule has 156 valence electrons. The maximum atomic E-state index is 12.8. The van der Waals surface area contributed by atoms with Crippen molar-refractivity contribution >= 4 is 33.2 Å². The average molecular weight is 445 g/mol. The van der Waals surface area contributed by atoms with Crippen molar-refractivity contribution in [3.05, 3.63) is 88.9 Å². The summed E-state index contributed by atoms with van der Waals surface area (Å²) in [5.74, 6) is 0.499. The largest absolute Gasteiger partial charge is 0.497 e. The predicted octanol–water partition coefficient (Wildman–Crippen LogP) is 4.10. The van der Waals surface area contributed by atoms with Crippen LogP contribution in [0, 0.1) is 0 Å². The summed E-state index contributed by atoms with van der Waals surface area (Å²) in [5.41, 5.74) is 1.82. The molecule has 0 aliphatic heterocycles. The molecule has 1 amide bonds. The maximum Gasteiger partial charge on any atom is 0.264 e. The van der Waals surface area contributed by atoms with Gasteiger partial charge in [-0.15, -0.1) is 0 Å². The number of amides is 1. The topological polar surface area (TPSA) is 75.7 Å². The average Bonchev–Trinajstić information content (AvgIpc) is 2.77. The monoisotopic (exact) mass is 444 g/mol. The van der Waals surface area contributed by atoms with Crippen LogP contribution in [0.25, 0.3) is 0 Å². The van der Waals surface area contributed by atoms with Gasteiger partial charge in [0.2, 0.25) is 0 Å². The zero-order chi connectivity index (χ0) is 21.7. The Morgan fingerprint density at radius 1 is 0.967 bits per heavy atom. The number of benzene rings is 3. The van der Waals surface area contributed by atoms with Crippen LogP contribution >= 0.6 is 11.6 Å². The maximum absolute atomic E-state index is 12.8. The van der Waals surface area contributed by atoms with Crippen LogP contribution in [0.5, 0.6) is 5.75 Å². The summed E-state index contributed by atoms with van der Waals surface area (Å²) in [5, 5.41) is 3.30. The number of methoxy groups -OCH3 is 1. The van der Waals surface area contributed by atoms with Gasteiger partial charge in [0.1, 0.15) is 5.75 Å². The van der Waals surface area contributed by atoms with E-state index in [2.05, 4.69) is 5.32 Å². The number of sulfonamides is 1. The van der Waals surface area contributed by atoms with Crippen LogP contribution in [0.1, 0.15) is 15.9 Å². The Morgan fingerprint density at radius 3 is 2.13 bits per heavy atom. The third-order valence-electron chi connectivity index (χ3n) is 4.58. The highest BCUT2D eigenvalue weighted by molar-refractivity contribution is 7.92. The molecule has 8 heteroatoms. The highest BCUT2D eigenvalue weighted by Gasteiger charge is 2.21. The van der Waals surface area contributed by atoms with Gasteiger partial charge in [-0.1, -0.05) is 23.7 Å². The molecule has 0 radical (unpaired) electrons. The van der Waals surface area contributed by atoms with E-state index in [1.54, 1.807) is 31.4 Å². The molecule has 0 bridgehead atoms. The summed E-state index contributed by atoms with van der Waals surface area (Å²) in [6.07, 6.45) is 0. The van der Waals surface area contributed by atoms with E-state index in [9.17, 15) is 13.2 Å². The molecule has 0 unspecified atom stereocenters. The van der Waals surface area contributed by atoms with Crippen molar-refractivity contribution in [1.29, 1.82) is 0 Å². The van der Waals surface area contributed by atoms with E-state index in [0.29, 0.717) is 22.8 Å². The Kier molecular flexibility index (Phi) is 6.64. The number of halogens is 1. The van der Waals surface area contributed by atoms with Crippen molar-refractivity contribution in [2.45, 2.75) is 11.4 Å². The molecule has 0 aromatic heterocycles. The number of anilines is 1. The zero-order valence-electron chi connectivity index (χ0n) is 16.5. The van der Waals surface area contributed by atoms with E-state index < -0.39 is 10.0 Å². The number of hydrogen-bond donors (Lipinski definition) is 1. The van der Waals surface area contributed by atoms with Gasteiger partial charge in [-0.3, -0.25) is 9.10 Å². The van der Waals surface area contributed by atoms with Gasteiger partial charge >= 0.3 is 0 Å². The van der Waals surface area contributed by atoms with E-state index in [4.69, 9.17) is 16.3 Å². The van der Waals surface area contributed by atoms with Gasteiger partial charge < -0.3 is 10.1 Å². The first-order chi connectivity index (χ1) is 14.3. The minimum atomic E-state index is -3.73. The SMILES string of the molecule is COc1ccc(CNC(=O)c2ccc(N(C)S(=O)(=O)c3ccc(Cl)cc3)cc2)cc1. The number of hydrogen-bond acceptors (Lipinski definition) is 4.